The van der Waals surface area contributed by atoms with Crippen LogP contribution in [-0.2, 0) is 19.1 Å². The van der Waals surface area contributed by atoms with E-state index in [9.17, 15) is 14.4 Å². The second kappa shape index (κ2) is 5.11. The van der Waals surface area contributed by atoms with Crippen LogP contribution >= 0.6 is 0 Å². The highest BCUT2D eigenvalue weighted by Gasteiger charge is 2.19. The van der Waals surface area contributed by atoms with Gasteiger partial charge in [-0.15, -0.1) is 0 Å². The highest BCUT2D eigenvalue weighted by atomic mass is 16.5. The topological polar surface area (TPSA) is 101 Å². The van der Waals surface area contributed by atoms with Crippen LogP contribution in [0.2, 0.25) is 0 Å². The van der Waals surface area contributed by atoms with Crippen LogP contribution in [0.5, 0.6) is 0 Å². The number of ether oxygens (including phenoxy) is 1. The van der Waals surface area contributed by atoms with Crippen molar-refractivity contribution in [3.05, 3.63) is 0 Å². The lowest BCUT2D eigenvalue weighted by Crippen LogP contribution is -2.24. The zero-order valence-electron chi connectivity index (χ0n) is 6.10. The summed E-state index contributed by atoms with van der Waals surface area (Å²) in [7, 11) is 0. The van der Waals surface area contributed by atoms with Gasteiger partial charge in [0.1, 0.15) is 0 Å². The van der Waals surface area contributed by atoms with Crippen molar-refractivity contribution in [2.45, 2.75) is 18.9 Å². The first kappa shape index (κ1) is 10.4. The molecule has 2 N–H and O–H groups in total. The van der Waals surface area contributed by atoms with Crippen molar-refractivity contribution in [1.82, 2.24) is 0 Å². The Morgan fingerprint density at radius 2 is 2.00 bits per heavy atom. The molecule has 6 nitrogen and oxygen atoms in total. The second-order valence-electron chi connectivity index (χ2n) is 1.99. The monoisotopic (exact) mass is 176 g/mol. The summed E-state index contributed by atoms with van der Waals surface area (Å²) >= 11 is 0. The predicted octanol–water partition coefficient (Wildman–Crippen LogP) is -0.523. The zero-order chi connectivity index (χ0) is 9.56. The molecule has 68 valence electrons. The Hall–Kier alpha value is -1.59. The van der Waals surface area contributed by atoms with E-state index in [-0.39, 0.29) is 19.3 Å². The van der Waals surface area contributed by atoms with E-state index >= 15 is 0 Å². The van der Waals surface area contributed by atoms with Gasteiger partial charge in [-0.3, -0.25) is 9.59 Å². The predicted molar refractivity (Wildman–Crippen MR) is 35.4 cm³/mol. The summed E-state index contributed by atoms with van der Waals surface area (Å²) in [6.45, 7) is -0.0133. The summed E-state index contributed by atoms with van der Waals surface area (Å²) in [5.41, 5.74) is 0. The van der Waals surface area contributed by atoms with E-state index in [1.807, 2.05) is 0 Å². The number of rotatable bonds is 6. The second-order valence-corrected chi connectivity index (χ2v) is 1.99. The van der Waals surface area contributed by atoms with Crippen molar-refractivity contribution in [1.29, 1.82) is 0 Å². The molecule has 0 spiro atoms. The van der Waals surface area contributed by atoms with Crippen LogP contribution in [-0.4, -0.2) is 34.7 Å². The van der Waals surface area contributed by atoms with Crippen LogP contribution in [0.1, 0.15) is 12.8 Å². The van der Waals surface area contributed by atoms with Crippen LogP contribution in [0.3, 0.4) is 0 Å². The number of carbonyl (C=O) groups is 3. The fourth-order valence-corrected chi connectivity index (χ4v) is 0.571. The highest BCUT2D eigenvalue weighted by Crippen LogP contribution is 2.01. The molecule has 0 saturated heterocycles. The normalized spacial score (nSPS) is 11.7. The summed E-state index contributed by atoms with van der Waals surface area (Å²) in [5, 5.41) is 16.5. The summed E-state index contributed by atoms with van der Waals surface area (Å²) < 4.78 is 4.11. The summed E-state index contributed by atoms with van der Waals surface area (Å²) in [4.78, 5) is 30.0. The fraction of sp³-hybridized carbons (Fsp3) is 0.500. The first-order chi connectivity index (χ1) is 5.57. The molecule has 0 heterocycles. The van der Waals surface area contributed by atoms with Crippen LogP contribution in [0, 0.1) is 0 Å². The van der Waals surface area contributed by atoms with Gasteiger partial charge in [-0.1, -0.05) is 0 Å². The van der Waals surface area contributed by atoms with Crippen molar-refractivity contribution in [3.63, 3.8) is 0 Å². The average Bonchev–Trinajstić information content (AvgIpc) is 1.96. The molecule has 0 aromatic heterocycles. The molecule has 0 aromatic carbocycles. The molecule has 0 radical (unpaired) electrons. The molecule has 0 aliphatic rings. The number of hydrogen-bond acceptors (Lipinski definition) is 4. The Morgan fingerprint density at radius 1 is 1.42 bits per heavy atom. The Labute approximate surface area is 67.8 Å². The van der Waals surface area contributed by atoms with Gasteiger partial charge in [0.05, 0.1) is 0 Å². The molecule has 0 aliphatic carbocycles. The molecule has 1 unspecified atom stereocenters. The molecule has 12 heavy (non-hydrogen) atoms. The Kier molecular flexibility index (Phi) is 4.43. The van der Waals surface area contributed by atoms with Gasteiger partial charge in [0.2, 0.25) is 0 Å². The lowest BCUT2D eigenvalue weighted by atomic mass is 10.2. The third-order valence-corrected chi connectivity index (χ3v) is 1.12. The van der Waals surface area contributed by atoms with E-state index in [1.54, 1.807) is 0 Å². The molecule has 6 heteroatoms. The maximum Gasteiger partial charge on any atom is 0.345 e. The first-order valence-corrected chi connectivity index (χ1v) is 3.11. The Balaban J connectivity index is 3.86. The average molecular weight is 176 g/mol. The molecular formula is C6H8O6. The molecule has 0 saturated carbocycles. The van der Waals surface area contributed by atoms with Crippen LogP contribution < -0.4 is 0 Å². The van der Waals surface area contributed by atoms with Crippen LogP contribution in [0.4, 0.5) is 0 Å². The van der Waals surface area contributed by atoms with Gasteiger partial charge in [-0.2, -0.15) is 0 Å². The fourth-order valence-electron chi connectivity index (χ4n) is 0.571. The Morgan fingerprint density at radius 3 is 2.33 bits per heavy atom. The van der Waals surface area contributed by atoms with E-state index in [0.29, 0.717) is 0 Å². The smallest absolute Gasteiger partial charge is 0.345 e. The Bertz CT molecular complexity index is 186. The van der Waals surface area contributed by atoms with Crippen molar-refractivity contribution in [2.24, 2.45) is 0 Å². The quantitative estimate of drug-likeness (QED) is 0.528. The van der Waals surface area contributed by atoms with E-state index in [1.165, 1.54) is 0 Å². The van der Waals surface area contributed by atoms with Gasteiger partial charge in [0.25, 0.3) is 6.47 Å². The number of hydrogen-bond donors (Lipinski definition) is 2. The lowest BCUT2D eigenvalue weighted by molar-refractivity contribution is -0.157. The van der Waals surface area contributed by atoms with Crippen LogP contribution in [0.15, 0.2) is 0 Å². The van der Waals surface area contributed by atoms with Crippen molar-refractivity contribution >= 4 is 18.4 Å². The molecule has 0 aromatic rings. The third-order valence-electron chi connectivity index (χ3n) is 1.12. The molecule has 1 atom stereocenters. The van der Waals surface area contributed by atoms with E-state index in [2.05, 4.69) is 4.74 Å². The summed E-state index contributed by atoms with van der Waals surface area (Å²) in [6.07, 6.45) is -1.92. The van der Waals surface area contributed by atoms with Gasteiger partial charge in [0.15, 0.2) is 6.10 Å². The minimum Gasteiger partial charge on any atom is -0.481 e. The SMILES string of the molecule is O=COC(CCC(=O)O)C(=O)O. The van der Waals surface area contributed by atoms with Crippen molar-refractivity contribution in [2.75, 3.05) is 0 Å². The maximum absolute atomic E-state index is 10.2. The van der Waals surface area contributed by atoms with E-state index in [0.717, 1.165) is 0 Å². The molecule has 0 amide bonds. The summed E-state index contributed by atoms with van der Waals surface area (Å²) in [5.74, 6) is -2.47. The third kappa shape index (κ3) is 4.26. The molecule has 0 bridgehead atoms. The van der Waals surface area contributed by atoms with E-state index in [4.69, 9.17) is 10.2 Å². The minimum absolute atomic E-state index is 0.0133. The molecule has 0 rings (SSSR count). The zero-order valence-corrected chi connectivity index (χ0v) is 6.10. The van der Waals surface area contributed by atoms with Gasteiger partial charge in [0, 0.05) is 12.8 Å². The number of aliphatic carboxylic acids is 2. The molecule has 0 aliphatic heterocycles. The number of carboxylic acid groups (broad SMARTS) is 2. The van der Waals surface area contributed by atoms with Gasteiger partial charge < -0.3 is 14.9 Å². The molecule has 0 fully saturated rings. The maximum atomic E-state index is 10.2. The van der Waals surface area contributed by atoms with Gasteiger partial charge in [-0.25, -0.2) is 4.79 Å². The molecular weight excluding hydrogens is 168 g/mol. The lowest BCUT2D eigenvalue weighted by Gasteiger charge is -2.07. The van der Waals surface area contributed by atoms with Gasteiger partial charge >= 0.3 is 11.9 Å². The van der Waals surface area contributed by atoms with Gasteiger partial charge in [-0.05, 0) is 0 Å². The standard InChI is InChI=1S/C6H8O6/c7-3-12-4(6(10)11)1-2-5(8)9/h3-4H,1-2H2,(H,8,9)(H,10,11). The van der Waals surface area contributed by atoms with Crippen molar-refractivity contribution in [3.8, 4) is 0 Å². The number of carboxylic acids is 2. The van der Waals surface area contributed by atoms with E-state index < -0.39 is 18.0 Å². The van der Waals surface area contributed by atoms with Crippen molar-refractivity contribution < 1.29 is 29.3 Å². The summed E-state index contributed by atoms with van der Waals surface area (Å²) in [6, 6.07) is 0. The largest absolute Gasteiger partial charge is 0.481 e. The highest BCUT2D eigenvalue weighted by molar-refractivity contribution is 5.75. The van der Waals surface area contributed by atoms with Crippen LogP contribution in [0.25, 0.3) is 0 Å². The minimum atomic E-state index is -1.36. The number of carbonyl (C=O) groups excluding carboxylic acids is 1. The first-order valence-electron chi connectivity index (χ1n) is 3.11.